The number of phenolic OH excluding ortho intramolecular Hbond substituents is 1. The van der Waals surface area contributed by atoms with E-state index in [1.165, 1.54) is 24.3 Å². The van der Waals surface area contributed by atoms with Crippen molar-refractivity contribution in [3.8, 4) is 17.2 Å². The number of fused-ring (bicyclic) bond motifs is 1. The summed E-state index contributed by atoms with van der Waals surface area (Å²) in [4.78, 5) is 53.7. The molecule has 0 aliphatic heterocycles. The Balaban J connectivity index is 1.09. The Morgan fingerprint density at radius 3 is 1.98 bits per heavy atom. The highest BCUT2D eigenvalue weighted by Crippen LogP contribution is 2.38. The van der Waals surface area contributed by atoms with Gasteiger partial charge in [-0.25, -0.2) is 0 Å². The van der Waals surface area contributed by atoms with Gasteiger partial charge in [-0.1, -0.05) is 48.0 Å². The van der Waals surface area contributed by atoms with Gasteiger partial charge in [0, 0.05) is 24.4 Å². The third-order valence-corrected chi connectivity index (χ3v) is 11.4. The molecule has 0 aliphatic rings. The molecule has 8 nitrogen and oxygen atoms in total. The van der Waals surface area contributed by atoms with E-state index in [9.17, 15) is 24.3 Å². The lowest BCUT2D eigenvalue weighted by Gasteiger charge is -2.23. The van der Waals surface area contributed by atoms with Crippen LogP contribution in [0.4, 0.5) is 0 Å². The van der Waals surface area contributed by atoms with Crippen molar-refractivity contribution in [3.63, 3.8) is 0 Å². The van der Waals surface area contributed by atoms with Gasteiger partial charge in [0.25, 0.3) is 0 Å². The number of hydrogen-bond donors (Lipinski definition) is 1. The van der Waals surface area contributed by atoms with E-state index in [0.29, 0.717) is 34.9 Å². The number of carbonyl (C=O) groups excluding carboxylic acids is 4. The molecule has 51 heavy (non-hydrogen) atoms. The number of hydrogen-bond acceptors (Lipinski definition) is 10. The molecule has 0 atom stereocenters. The van der Waals surface area contributed by atoms with E-state index in [1.54, 1.807) is 90.4 Å². The molecular weight excluding hydrogens is 821 g/mol. The van der Waals surface area contributed by atoms with Gasteiger partial charge in [0.1, 0.15) is 17.0 Å². The second kappa shape index (κ2) is 19.8. The van der Waals surface area contributed by atoms with Gasteiger partial charge >= 0.3 is 11.9 Å². The van der Waals surface area contributed by atoms with E-state index in [1.807, 2.05) is 6.07 Å². The van der Waals surface area contributed by atoms with Gasteiger partial charge in [0.2, 0.25) is 0 Å². The van der Waals surface area contributed by atoms with E-state index in [2.05, 4.69) is 41.4 Å². The predicted molar refractivity (Wildman–Crippen MR) is 215 cm³/mol. The quantitative estimate of drug-likeness (QED) is 0.0197. The molecule has 1 N–H and O–H groups in total. The van der Waals surface area contributed by atoms with Gasteiger partial charge in [-0.2, -0.15) is 0 Å². The highest BCUT2D eigenvalue weighted by atomic mass is 127. The van der Waals surface area contributed by atoms with E-state index in [0.717, 1.165) is 31.6 Å². The summed E-state index contributed by atoms with van der Waals surface area (Å²) in [6.45, 7) is 4.26. The van der Waals surface area contributed by atoms with Crippen molar-refractivity contribution in [2.45, 2.75) is 50.0 Å². The number of ether oxygens (including phenoxy) is 2. The molecule has 0 fully saturated rings. The first-order valence-corrected chi connectivity index (χ1v) is 19.5. The van der Waals surface area contributed by atoms with Crippen LogP contribution in [0.2, 0.25) is 5.02 Å². The molecule has 4 aromatic rings. The molecule has 0 unspecified atom stereocenters. The maximum atomic E-state index is 12.6. The first kappa shape index (κ1) is 40.1. The molecule has 1 aromatic heterocycles. The van der Waals surface area contributed by atoms with Crippen molar-refractivity contribution in [2.75, 3.05) is 11.5 Å². The first-order valence-electron chi connectivity index (χ1n) is 16.1. The highest BCUT2D eigenvalue weighted by Gasteiger charge is 2.20. The number of allylic oxidation sites excluding steroid dienone is 2. The van der Waals surface area contributed by atoms with Crippen molar-refractivity contribution >= 4 is 104 Å². The molecule has 0 saturated carbocycles. The smallest absolute Gasteiger partial charge is 0.311 e. The van der Waals surface area contributed by atoms with Crippen LogP contribution < -0.4 is 9.47 Å². The van der Waals surface area contributed by atoms with Crippen LogP contribution in [0.5, 0.6) is 17.2 Å². The third-order valence-electron chi connectivity index (χ3n) is 7.19. The molecule has 12 heteroatoms. The van der Waals surface area contributed by atoms with Crippen molar-refractivity contribution in [2.24, 2.45) is 0 Å². The molecule has 3 aromatic carbocycles. The fourth-order valence-corrected chi connectivity index (χ4v) is 8.12. The second-order valence-electron chi connectivity index (χ2n) is 11.8. The van der Waals surface area contributed by atoms with Crippen molar-refractivity contribution in [3.05, 3.63) is 105 Å². The first-order chi connectivity index (χ1) is 24.4. The van der Waals surface area contributed by atoms with Gasteiger partial charge in [-0.3, -0.25) is 24.2 Å². The van der Waals surface area contributed by atoms with Gasteiger partial charge in [0.15, 0.2) is 17.3 Å². The van der Waals surface area contributed by atoms with Crippen LogP contribution >= 0.6 is 57.7 Å². The van der Waals surface area contributed by atoms with Crippen molar-refractivity contribution in [1.29, 1.82) is 0 Å². The largest absolute Gasteiger partial charge is 0.508 e. The number of nitrogens with zero attached hydrogens (tertiary/aromatic N) is 1. The lowest BCUT2D eigenvalue weighted by molar-refractivity contribution is -0.135. The van der Waals surface area contributed by atoms with Gasteiger partial charge in [-0.15, -0.1) is 23.5 Å². The van der Waals surface area contributed by atoms with Gasteiger partial charge < -0.3 is 14.6 Å². The molecule has 0 radical (unpaired) electrons. The van der Waals surface area contributed by atoms with Crippen LogP contribution in [0.1, 0.15) is 57.1 Å². The zero-order chi connectivity index (χ0) is 36.8. The number of ketones is 2. The number of phenols is 1. The molecular formula is C39H37ClINO7S2. The fourth-order valence-electron chi connectivity index (χ4n) is 4.60. The molecule has 4 rings (SSSR count). The Kier molecular flexibility index (Phi) is 15.6. The minimum absolute atomic E-state index is 0.0952. The van der Waals surface area contributed by atoms with Crippen LogP contribution in [0.25, 0.3) is 23.1 Å². The number of carbonyl (C=O) groups is 4. The van der Waals surface area contributed by atoms with Crippen LogP contribution in [-0.4, -0.2) is 49.2 Å². The number of esters is 2. The molecule has 0 aliphatic carbocycles. The summed E-state index contributed by atoms with van der Waals surface area (Å²) in [7, 11) is 0. The summed E-state index contributed by atoms with van der Waals surface area (Å²) in [5.74, 6) is 1.25. The minimum Gasteiger partial charge on any atom is -0.508 e. The van der Waals surface area contributed by atoms with Crippen LogP contribution in [0.3, 0.4) is 0 Å². The van der Waals surface area contributed by atoms with E-state index in [4.69, 9.17) is 21.1 Å². The summed E-state index contributed by atoms with van der Waals surface area (Å²) < 4.78 is 11.8. The summed E-state index contributed by atoms with van der Waals surface area (Å²) in [6.07, 6.45) is 9.16. The Morgan fingerprint density at radius 2 is 1.39 bits per heavy atom. The zero-order valence-electron chi connectivity index (χ0n) is 28.1. The average molecular weight is 858 g/mol. The summed E-state index contributed by atoms with van der Waals surface area (Å²) in [5.41, 5.74) is 2.04. The number of benzene rings is 3. The Hall–Kier alpha value is -3.65. The maximum Gasteiger partial charge on any atom is 0.311 e. The molecule has 0 spiro atoms. The zero-order valence-corrected chi connectivity index (χ0v) is 32.7. The summed E-state index contributed by atoms with van der Waals surface area (Å²) in [5, 5.41) is 10.6. The summed E-state index contributed by atoms with van der Waals surface area (Å²) >= 11 is 11.9. The third kappa shape index (κ3) is 13.8. The molecule has 0 bridgehead atoms. The lowest BCUT2D eigenvalue weighted by atomic mass is 10.1. The summed E-state index contributed by atoms with van der Waals surface area (Å²) in [6, 6.07) is 18.6. The number of rotatable bonds is 18. The SMILES string of the molecule is CC(C)(SCCCC(=O)Oc1ccc(/C=C/C(=O)CC(=O)/C=C/c2ccc(O)cc2)cc1)SCCCC(=O)Oc1c(I)cc(Cl)c2cccnc12. The monoisotopic (exact) mass is 857 g/mol. The highest BCUT2D eigenvalue weighted by molar-refractivity contribution is 14.1. The Bertz CT molecular complexity index is 1910. The molecule has 1 heterocycles. The predicted octanol–water partition coefficient (Wildman–Crippen LogP) is 9.73. The van der Waals surface area contributed by atoms with Crippen molar-refractivity contribution < 1.29 is 33.8 Å². The van der Waals surface area contributed by atoms with Crippen LogP contribution in [0.15, 0.2) is 85.1 Å². The van der Waals surface area contributed by atoms with Crippen molar-refractivity contribution in [1.82, 2.24) is 4.98 Å². The molecule has 0 saturated heterocycles. The molecule has 0 amide bonds. The van der Waals surface area contributed by atoms with E-state index in [-0.39, 0.29) is 52.6 Å². The standard InChI is InChI=1S/C39H37ClINO7S2/c1-39(2,51-23-5-8-36(47)49-38-34(41)25-33(40)32-6-3-21-42-37(32)38)50-22-4-7-35(46)48-31-19-13-27(14-20-31)12-18-30(45)24-29(44)17-11-26-9-15-28(43)16-10-26/h3,6,9-21,25,43H,4-5,7-8,22-24H2,1-2H3/b17-11+,18-12+. The Morgan fingerprint density at radius 1 is 0.843 bits per heavy atom. The number of aromatic nitrogens is 1. The normalized spacial score (nSPS) is 11.7. The number of halogens is 2. The van der Waals surface area contributed by atoms with Crippen LogP contribution in [-0.2, 0) is 19.2 Å². The number of pyridine rings is 1. The van der Waals surface area contributed by atoms with Gasteiger partial charge in [0.05, 0.1) is 19.1 Å². The maximum absolute atomic E-state index is 12.6. The molecule has 266 valence electrons. The Labute approximate surface area is 324 Å². The lowest BCUT2D eigenvalue weighted by Crippen LogP contribution is -2.14. The average Bonchev–Trinajstić information content (AvgIpc) is 3.10. The van der Waals surface area contributed by atoms with E-state index < -0.39 is 0 Å². The second-order valence-corrected chi connectivity index (χ2v) is 17.0. The van der Waals surface area contributed by atoms with Gasteiger partial charge in [-0.05, 0) is 127 Å². The van der Waals surface area contributed by atoms with Crippen LogP contribution in [0, 0.1) is 3.57 Å². The van der Waals surface area contributed by atoms with E-state index >= 15 is 0 Å². The minimum atomic E-state index is -0.332. The number of thioether (sulfide) groups is 2. The number of aromatic hydroxyl groups is 1. The fraction of sp³-hybridized carbons (Fsp3) is 0.256. The topological polar surface area (TPSA) is 120 Å².